The van der Waals surface area contributed by atoms with Gasteiger partial charge in [0.1, 0.15) is 5.57 Å². The van der Waals surface area contributed by atoms with Crippen LogP contribution in [-0.2, 0) is 16.1 Å². The van der Waals surface area contributed by atoms with E-state index >= 15 is 0 Å². The van der Waals surface area contributed by atoms with Crippen LogP contribution in [0.4, 0.5) is 5.69 Å². The van der Waals surface area contributed by atoms with E-state index in [0.717, 1.165) is 33.9 Å². The van der Waals surface area contributed by atoms with Crippen LogP contribution < -0.4 is 10.2 Å². The Morgan fingerprint density at radius 2 is 1.69 bits per heavy atom. The minimum Gasteiger partial charge on any atom is -0.341 e. The monoisotopic (exact) mass is 459 g/mol. The smallest absolute Gasteiger partial charge is 0.270 e. The van der Waals surface area contributed by atoms with Gasteiger partial charge in [-0.3, -0.25) is 19.8 Å². The second-order valence-corrected chi connectivity index (χ2v) is 8.30. The molecule has 0 bridgehead atoms. The highest BCUT2D eigenvalue weighted by atomic mass is 35.5. The van der Waals surface area contributed by atoms with Gasteiger partial charge in [-0.15, -0.1) is 0 Å². The first kappa shape index (κ1) is 20.4. The summed E-state index contributed by atoms with van der Waals surface area (Å²) in [6.45, 7) is 2.96. The van der Waals surface area contributed by atoms with E-state index in [-0.39, 0.29) is 10.7 Å². The second kappa shape index (κ2) is 7.89. The molecule has 4 aromatic rings. The fraction of sp³-hybridized carbons (Fsp3) is 0.0800. The lowest BCUT2D eigenvalue weighted by atomic mass is 10.0. The van der Waals surface area contributed by atoms with E-state index in [1.165, 1.54) is 4.90 Å². The number of aryl methyl sites for hydroxylation is 1. The SMILES string of the molecule is CCn1c2ccccc2c2cc(/C=C3\C(=O)NC(=S)N(c4ccc(Cl)cc4)C3=O)ccc21. The third-order valence-corrected chi connectivity index (χ3v) is 6.15. The van der Waals surface area contributed by atoms with Crippen LogP contribution in [0.2, 0.25) is 5.02 Å². The van der Waals surface area contributed by atoms with Gasteiger partial charge in [0, 0.05) is 33.4 Å². The molecule has 0 atom stereocenters. The van der Waals surface area contributed by atoms with Gasteiger partial charge >= 0.3 is 0 Å². The number of aromatic nitrogens is 1. The first-order valence-corrected chi connectivity index (χ1v) is 10.9. The predicted octanol–water partition coefficient (Wildman–Crippen LogP) is 5.30. The van der Waals surface area contributed by atoms with Crippen molar-refractivity contribution >= 4 is 74.3 Å². The summed E-state index contributed by atoms with van der Waals surface area (Å²) in [6.07, 6.45) is 1.61. The molecule has 1 aromatic heterocycles. The number of halogens is 1. The third kappa shape index (κ3) is 3.28. The molecule has 0 unspecified atom stereocenters. The normalized spacial score (nSPS) is 15.8. The Kier molecular flexibility index (Phi) is 5.04. The van der Waals surface area contributed by atoms with E-state index in [4.69, 9.17) is 23.8 Å². The second-order valence-electron chi connectivity index (χ2n) is 7.47. The maximum absolute atomic E-state index is 13.2. The van der Waals surface area contributed by atoms with E-state index < -0.39 is 11.8 Å². The average molecular weight is 460 g/mol. The van der Waals surface area contributed by atoms with Crippen LogP contribution >= 0.6 is 23.8 Å². The highest BCUT2D eigenvalue weighted by Crippen LogP contribution is 2.31. The maximum Gasteiger partial charge on any atom is 0.270 e. The molecule has 1 N–H and O–H groups in total. The average Bonchev–Trinajstić information content (AvgIpc) is 3.11. The molecule has 0 aliphatic carbocycles. The van der Waals surface area contributed by atoms with Crippen molar-refractivity contribution < 1.29 is 9.59 Å². The molecule has 0 saturated carbocycles. The number of benzene rings is 3. The van der Waals surface area contributed by atoms with Crippen molar-refractivity contribution in [2.45, 2.75) is 13.5 Å². The number of hydrogen-bond donors (Lipinski definition) is 1. The van der Waals surface area contributed by atoms with E-state index in [9.17, 15) is 9.59 Å². The zero-order valence-corrected chi connectivity index (χ0v) is 18.7. The summed E-state index contributed by atoms with van der Waals surface area (Å²) in [4.78, 5) is 27.2. The highest BCUT2D eigenvalue weighted by molar-refractivity contribution is 7.80. The van der Waals surface area contributed by atoms with Gasteiger partial charge in [-0.1, -0.05) is 35.9 Å². The summed E-state index contributed by atoms with van der Waals surface area (Å²) < 4.78 is 2.25. The Balaban J connectivity index is 1.60. The van der Waals surface area contributed by atoms with Crippen molar-refractivity contribution in [2.24, 2.45) is 0 Å². The number of amides is 2. The minimum atomic E-state index is -0.513. The zero-order chi connectivity index (χ0) is 22.4. The number of para-hydroxylation sites is 1. The number of fused-ring (bicyclic) bond motifs is 3. The lowest BCUT2D eigenvalue weighted by molar-refractivity contribution is -0.122. The van der Waals surface area contributed by atoms with Crippen molar-refractivity contribution in [3.63, 3.8) is 0 Å². The summed E-state index contributed by atoms with van der Waals surface area (Å²) in [5.41, 5.74) is 3.59. The fourth-order valence-electron chi connectivity index (χ4n) is 4.15. The van der Waals surface area contributed by atoms with Crippen LogP contribution in [0.3, 0.4) is 0 Å². The summed E-state index contributed by atoms with van der Waals surface area (Å²) in [5.74, 6) is -0.988. The van der Waals surface area contributed by atoms with Crippen molar-refractivity contribution in [1.82, 2.24) is 9.88 Å². The van der Waals surface area contributed by atoms with Gasteiger partial charge in [-0.25, -0.2) is 0 Å². The number of thiocarbonyl (C=S) groups is 1. The molecule has 1 saturated heterocycles. The molecule has 2 heterocycles. The molecule has 158 valence electrons. The molecule has 1 fully saturated rings. The van der Waals surface area contributed by atoms with Gasteiger partial charge in [-0.05, 0) is 73.2 Å². The van der Waals surface area contributed by atoms with Gasteiger partial charge < -0.3 is 4.57 Å². The van der Waals surface area contributed by atoms with Crippen molar-refractivity contribution in [3.05, 3.63) is 82.9 Å². The Morgan fingerprint density at radius 3 is 2.44 bits per heavy atom. The number of rotatable bonds is 3. The number of hydrogen-bond acceptors (Lipinski definition) is 3. The topological polar surface area (TPSA) is 54.3 Å². The van der Waals surface area contributed by atoms with Gasteiger partial charge in [0.25, 0.3) is 11.8 Å². The Morgan fingerprint density at radius 1 is 0.969 bits per heavy atom. The first-order chi connectivity index (χ1) is 15.5. The van der Waals surface area contributed by atoms with Crippen LogP contribution in [0, 0.1) is 0 Å². The molecular weight excluding hydrogens is 442 g/mol. The lowest BCUT2D eigenvalue weighted by Gasteiger charge is -2.28. The lowest BCUT2D eigenvalue weighted by Crippen LogP contribution is -2.54. The summed E-state index contributed by atoms with van der Waals surface area (Å²) in [5, 5.41) is 5.41. The van der Waals surface area contributed by atoms with Crippen LogP contribution in [0.25, 0.3) is 27.9 Å². The van der Waals surface area contributed by atoms with Crippen LogP contribution in [0.1, 0.15) is 12.5 Å². The number of nitrogens with one attached hydrogen (secondary N) is 1. The molecule has 32 heavy (non-hydrogen) atoms. The fourth-order valence-corrected chi connectivity index (χ4v) is 4.56. The molecular formula is C25H18ClN3O2S. The summed E-state index contributed by atoms with van der Waals surface area (Å²) in [6, 6.07) is 20.9. The highest BCUT2D eigenvalue weighted by Gasteiger charge is 2.34. The predicted molar refractivity (Wildman–Crippen MR) is 133 cm³/mol. The number of carbonyl (C=O) groups excluding carboxylic acids is 2. The molecule has 5 nitrogen and oxygen atoms in total. The van der Waals surface area contributed by atoms with Gasteiger partial charge in [0.15, 0.2) is 5.11 Å². The minimum absolute atomic E-state index is 0.0205. The standard InChI is InChI=1S/C25H18ClN3O2S/c1-2-28-21-6-4-3-5-18(21)19-13-15(7-12-22(19)28)14-20-23(30)27-25(32)29(24(20)31)17-10-8-16(26)9-11-17/h3-14H,2H2,1H3,(H,27,30,32)/b20-14+. The van der Waals surface area contributed by atoms with Crippen LogP contribution in [0.15, 0.2) is 72.3 Å². The molecule has 1 aliphatic heterocycles. The third-order valence-electron chi connectivity index (χ3n) is 5.61. The van der Waals surface area contributed by atoms with E-state index in [1.54, 1.807) is 30.3 Å². The quantitative estimate of drug-likeness (QED) is 0.257. The first-order valence-electron chi connectivity index (χ1n) is 10.2. The molecule has 1 aliphatic rings. The number of anilines is 1. The number of nitrogens with zero attached hydrogens (tertiary/aromatic N) is 2. The van der Waals surface area contributed by atoms with E-state index in [2.05, 4.69) is 28.9 Å². The van der Waals surface area contributed by atoms with Gasteiger partial charge in [-0.2, -0.15) is 0 Å². The number of carbonyl (C=O) groups is 2. The van der Waals surface area contributed by atoms with Crippen molar-refractivity contribution in [2.75, 3.05) is 4.90 Å². The maximum atomic E-state index is 13.2. The molecule has 7 heteroatoms. The van der Waals surface area contributed by atoms with Crippen molar-refractivity contribution in [1.29, 1.82) is 0 Å². The van der Waals surface area contributed by atoms with Crippen molar-refractivity contribution in [3.8, 4) is 0 Å². The van der Waals surface area contributed by atoms with Crippen LogP contribution in [-0.4, -0.2) is 21.5 Å². The molecule has 2 amide bonds. The van der Waals surface area contributed by atoms with Gasteiger partial charge in [0.05, 0.1) is 5.69 Å². The Labute approximate surface area is 194 Å². The zero-order valence-electron chi connectivity index (χ0n) is 17.1. The summed E-state index contributed by atoms with van der Waals surface area (Å²) in [7, 11) is 0. The molecule has 0 radical (unpaired) electrons. The Hall–Kier alpha value is -3.48. The van der Waals surface area contributed by atoms with Crippen LogP contribution in [0.5, 0.6) is 0 Å². The Bertz CT molecular complexity index is 1450. The summed E-state index contributed by atoms with van der Waals surface area (Å²) >= 11 is 11.2. The molecule has 5 rings (SSSR count). The molecule has 3 aromatic carbocycles. The van der Waals surface area contributed by atoms with Gasteiger partial charge in [0.2, 0.25) is 0 Å². The van der Waals surface area contributed by atoms with E-state index in [0.29, 0.717) is 10.7 Å². The van der Waals surface area contributed by atoms with E-state index in [1.807, 2.05) is 30.3 Å². The largest absolute Gasteiger partial charge is 0.341 e. The molecule has 0 spiro atoms.